The number of unbranched alkanes of at least 4 members (excludes halogenated alkanes) is 4. The van der Waals surface area contributed by atoms with Gasteiger partial charge in [0.05, 0.1) is 48.0 Å². The molecule has 0 saturated carbocycles. The summed E-state index contributed by atoms with van der Waals surface area (Å²) in [5, 5.41) is 3.01. The van der Waals surface area contributed by atoms with Crippen LogP contribution in [0.4, 0.5) is 0 Å². The molecule has 64 heavy (non-hydrogen) atoms. The molecule has 0 spiro atoms. The first-order chi connectivity index (χ1) is 31.6. The fraction of sp³-hybridized carbons (Fsp3) is 0.400. The summed E-state index contributed by atoms with van der Waals surface area (Å²) >= 11 is 0. The van der Waals surface area contributed by atoms with Gasteiger partial charge in [-0.25, -0.2) is 29.9 Å². The van der Waals surface area contributed by atoms with Crippen molar-refractivity contribution in [2.24, 2.45) is 0 Å². The maximum atomic E-state index is 6.78. The van der Waals surface area contributed by atoms with Gasteiger partial charge in [-0.3, -0.25) is 0 Å². The average Bonchev–Trinajstić information content (AvgIpc) is 4.18. The molecule has 0 unspecified atom stereocenters. The fourth-order valence-corrected chi connectivity index (χ4v) is 9.29. The van der Waals surface area contributed by atoms with E-state index in [1.54, 1.807) is 0 Å². The minimum Gasteiger partial charge on any atom is -0.492 e. The molecule has 11 rings (SSSR count). The number of fused-ring (bicyclic) bond motifs is 24. The zero-order chi connectivity index (χ0) is 43.3. The van der Waals surface area contributed by atoms with Crippen molar-refractivity contribution in [3.05, 3.63) is 83.0 Å². The van der Waals surface area contributed by atoms with Crippen molar-refractivity contribution in [1.29, 1.82) is 0 Å². The van der Waals surface area contributed by atoms with Crippen molar-refractivity contribution in [2.75, 3.05) is 26.4 Å². The second kappa shape index (κ2) is 17.0. The molecule has 5 aromatic heterocycles. The number of hydrogen-bond donors (Lipinski definition) is 2. The molecule has 0 aliphatic carbocycles. The van der Waals surface area contributed by atoms with E-state index in [1.807, 2.05) is 36.4 Å². The lowest BCUT2D eigenvalue weighted by Crippen LogP contribution is -2.07. The SMILES string of the molecule is CCCCOc1c2c(c(OCCCC)c3c4nc5cccc(n5)nc5[nH]c(nc6cccc(n6)nc([nH]4)c13)c1c(OCCCC)c3c(c(OCCCC)c51)[C@@H]1C=C[C@H]3O1)[C@H]1C=C[C@@H]2O1. The van der Waals surface area contributed by atoms with Crippen molar-refractivity contribution >= 4 is 66.7 Å². The maximum absolute atomic E-state index is 6.78. The Balaban J connectivity index is 1.26. The molecule has 14 nitrogen and oxygen atoms in total. The van der Waals surface area contributed by atoms with Crippen molar-refractivity contribution in [3.63, 3.8) is 0 Å². The van der Waals surface area contributed by atoms with Crippen LogP contribution in [0.25, 0.3) is 66.7 Å². The van der Waals surface area contributed by atoms with Crippen molar-refractivity contribution in [2.45, 2.75) is 103 Å². The number of H-pyrrole nitrogens is 2. The summed E-state index contributed by atoms with van der Waals surface area (Å²) in [6, 6.07) is 11.3. The number of nitrogens with zero attached hydrogens (tertiary/aromatic N) is 6. The highest BCUT2D eigenvalue weighted by atomic mass is 16.5. The molecule has 0 fully saturated rings. The lowest BCUT2D eigenvalue weighted by atomic mass is 9.91. The van der Waals surface area contributed by atoms with Gasteiger partial charge in [0.2, 0.25) is 0 Å². The van der Waals surface area contributed by atoms with Gasteiger partial charge >= 0.3 is 0 Å². The van der Waals surface area contributed by atoms with Crippen LogP contribution in [0, 0.1) is 0 Å². The van der Waals surface area contributed by atoms with E-state index in [0.717, 1.165) is 95.2 Å². The van der Waals surface area contributed by atoms with Gasteiger partial charge < -0.3 is 38.4 Å². The third-order valence-corrected chi connectivity index (χ3v) is 12.4. The van der Waals surface area contributed by atoms with Gasteiger partial charge in [0.15, 0.2) is 22.6 Å². The summed E-state index contributed by atoms with van der Waals surface area (Å²) in [5.74, 6) is 2.84. The normalized spacial score (nSPS) is 18.8. The number of aromatic nitrogens is 8. The van der Waals surface area contributed by atoms with E-state index in [-0.39, 0.29) is 24.4 Å². The fourth-order valence-electron chi connectivity index (χ4n) is 9.29. The predicted molar refractivity (Wildman–Crippen MR) is 246 cm³/mol. The minimum atomic E-state index is -0.271. The van der Waals surface area contributed by atoms with Gasteiger partial charge in [0, 0.05) is 22.3 Å². The van der Waals surface area contributed by atoms with Crippen molar-refractivity contribution in [1.82, 2.24) is 39.9 Å². The van der Waals surface area contributed by atoms with Crippen LogP contribution in [0.15, 0.2) is 60.7 Å². The van der Waals surface area contributed by atoms with Crippen LogP contribution in [0.1, 0.15) is 126 Å². The summed E-state index contributed by atoms with van der Waals surface area (Å²) in [5.41, 5.74) is 7.74. The second-order valence-corrected chi connectivity index (χ2v) is 16.8. The lowest BCUT2D eigenvalue weighted by Gasteiger charge is -2.20. The number of nitrogens with one attached hydrogen (secondary N) is 2. The van der Waals surface area contributed by atoms with Crippen LogP contribution in [0.2, 0.25) is 0 Å². The number of pyridine rings is 2. The maximum Gasteiger partial charge on any atom is 0.156 e. The number of ether oxygens (including phenoxy) is 6. The summed E-state index contributed by atoms with van der Waals surface area (Å²) < 4.78 is 40.1. The highest BCUT2D eigenvalue weighted by molar-refractivity contribution is 6.14. The van der Waals surface area contributed by atoms with E-state index < -0.39 is 0 Å². The highest BCUT2D eigenvalue weighted by Gasteiger charge is 2.43. The molecule has 2 N–H and O–H groups in total. The summed E-state index contributed by atoms with van der Waals surface area (Å²) in [6.07, 6.45) is 14.8. The van der Waals surface area contributed by atoms with Crippen LogP contribution in [-0.2, 0) is 9.47 Å². The van der Waals surface area contributed by atoms with E-state index in [2.05, 4.69) is 62.0 Å². The first-order valence-corrected chi connectivity index (χ1v) is 23.1. The van der Waals surface area contributed by atoms with Gasteiger partial charge in [0.1, 0.15) is 70.0 Å². The molecule has 14 heteroatoms. The Bertz CT molecular complexity index is 2740. The molecule has 7 aromatic rings. The molecule has 12 bridgehead atoms. The monoisotopic (exact) mass is 860 g/mol. The molecule has 0 amide bonds. The van der Waals surface area contributed by atoms with E-state index in [4.69, 9.17) is 58.3 Å². The Kier molecular flexibility index (Phi) is 10.7. The van der Waals surface area contributed by atoms with E-state index in [9.17, 15) is 0 Å². The molecule has 0 radical (unpaired) electrons. The largest absolute Gasteiger partial charge is 0.492 e. The zero-order valence-electron chi connectivity index (χ0n) is 36.7. The van der Waals surface area contributed by atoms with Gasteiger partial charge in [-0.1, -0.05) is 89.8 Å². The van der Waals surface area contributed by atoms with Crippen LogP contribution in [0.5, 0.6) is 23.0 Å². The molecule has 2 aromatic carbocycles. The van der Waals surface area contributed by atoms with Crippen molar-refractivity contribution < 1.29 is 28.4 Å². The number of benzene rings is 2. The molecular formula is C50H52N8O6. The molecule has 0 saturated heterocycles. The highest BCUT2D eigenvalue weighted by Crippen LogP contribution is 2.59. The van der Waals surface area contributed by atoms with Gasteiger partial charge in [0.25, 0.3) is 0 Å². The van der Waals surface area contributed by atoms with E-state index >= 15 is 0 Å². The Morgan fingerprint density at radius 1 is 0.406 bits per heavy atom. The Morgan fingerprint density at radius 3 is 0.922 bits per heavy atom. The first kappa shape index (κ1) is 40.4. The van der Waals surface area contributed by atoms with Crippen LogP contribution < -0.4 is 18.9 Å². The minimum absolute atomic E-state index is 0.271. The summed E-state index contributed by atoms with van der Waals surface area (Å²) in [7, 11) is 0. The Hall–Kier alpha value is -6.38. The third-order valence-electron chi connectivity index (χ3n) is 12.4. The molecule has 4 aliphatic heterocycles. The van der Waals surface area contributed by atoms with Crippen LogP contribution >= 0.6 is 0 Å². The molecule has 4 aliphatic rings. The standard InChI is InChI=1S/C50H52N8O6/c1-5-9-23-59-43-35-27-19-20-28(63-27)36(35)44(60-24-10-6-2)40-39(43)47-53-31-15-13-17-33(51-31)55-49-41-42(50(58-49)56-34-18-14-16-32(52-34)54-48(40)57-47)46(62-26-12-8-4)38-30-22-21-29(64-30)37(38)45(41)61-25-11-7-3/h13-22,27-30H,5-12,23-26H2,1-4H3,(H2,51,52,53,54,55,56,57,58)/t27-,28+,29+,30-. The average molecular weight is 861 g/mol. The molecule has 328 valence electrons. The smallest absolute Gasteiger partial charge is 0.156 e. The van der Waals surface area contributed by atoms with Gasteiger partial charge in [-0.2, -0.15) is 0 Å². The predicted octanol–water partition coefficient (Wildman–Crippen LogP) is 11.4. The second-order valence-electron chi connectivity index (χ2n) is 16.8. The third kappa shape index (κ3) is 6.85. The molecule has 4 atom stereocenters. The van der Waals surface area contributed by atoms with Crippen molar-refractivity contribution in [3.8, 4) is 23.0 Å². The van der Waals surface area contributed by atoms with E-state index in [0.29, 0.717) is 94.6 Å². The van der Waals surface area contributed by atoms with Gasteiger partial charge in [-0.05, 0) is 49.9 Å². The molecular weight excluding hydrogens is 809 g/mol. The first-order valence-electron chi connectivity index (χ1n) is 23.1. The summed E-state index contributed by atoms with van der Waals surface area (Å²) in [6.45, 7) is 10.7. The summed E-state index contributed by atoms with van der Waals surface area (Å²) in [4.78, 5) is 38.1. The Morgan fingerprint density at radius 2 is 0.672 bits per heavy atom. The zero-order valence-corrected chi connectivity index (χ0v) is 36.7. The van der Waals surface area contributed by atoms with Crippen LogP contribution in [-0.4, -0.2) is 66.3 Å². The quantitative estimate of drug-likeness (QED) is 0.0699. The lowest BCUT2D eigenvalue weighted by molar-refractivity contribution is 0.0855. The Labute approximate surface area is 369 Å². The number of hydrogen-bond acceptors (Lipinski definition) is 12. The molecule has 9 heterocycles. The number of rotatable bonds is 16. The topological polar surface area (TPSA) is 164 Å². The number of aromatic amines is 2. The van der Waals surface area contributed by atoms with Crippen LogP contribution in [0.3, 0.4) is 0 Å². The van der Waals surface area contributed by atoms with E-state index in [1.165, 1.54) is 0 Å². The van der Waals surface area contributed by atoms with Gasteiger partial charge in [-0.15, -0.1) is 0 Å².